The molecule has 1 aliphatic rings. The third-order valence-corrected chi connectivity index (χ3v) is 4.19. The summed E-state index contributed by atoms with van der Waals surface area (Å²) in [6.45, 7) is 1.89. The zero-order valence-electron chi connectivity index (χ0n) is 13.4. The summed E-state index contributed by atoms with van der Waals surface area (Å²) in [4.78, 5) is 18.2. The van der Waals surface area contributed by atoms with Crippen molar-refractivity contribution in [1.82, 2.24) is 15.6 Å². The van der Waals surface area contributed by atoms with Crippen LogP contribution >= 0.6 is 0 Å². The van der Waals surface area contributed by atoms with Crippen molar-refractivity contribution >= 4 is 11.7 Å². The van der Waals surface area contributed by atoms with Crippen molar-refractivity contribution in [2.45, 2.75) is 18.6 Å². The molecule has 1 aliphatic heterocycles. The lowest BCUT2D eigenvalue weighted by Gasteiger charge is -2.19. The Hall–Kier alpha value is -2.60. The molecule has 3 rings (SSSR count). The first-order chi connectivity index (χ1) is 11.7. The van der Waals surface area contributed by atoms with Crippen LogP contribution in [0.1, 0.15) is 18.1 Å². The molecule has 6 heteroatoms. The van der Waals surface area contributed by atoms with Crippen LogP contribution in [0, 0.1) is 0 Å². The number of amides is 2. The minimum atomic E-state index is -0.733. The predicted molar refractivity (Wildman–Crippen MR) is 92.8 cm³/mol. The minimum absolute atomic E-state index is 0.114. The third kappa shape index (κ3) is 4.23. The second-order valence-corrected chi connectivity index (χ2v) is 5.92. The van der Waals surface area contributed by atoms with Gasteiger partial charge in [0.25, 0.3) is 0 Å². The van der Waals surface area contributed by atoms with Crippen LogP contribution in [-0.4, -0.2) is 41.8 Å². The lowest BCUT2D eigenvalue weighted by atomic mass is 10.1. The number of aliphatic hydroxyl groups is 1. The second-order valence-electron chi connectivity index (χ2n) is 5.92. The number of para-hydroxylation sites is 1. The Morgan fingerprint density at radius 1 is 1.25 bits per heavy atom. The Morgan fingerprint density at radius 3 is 2.75 bits per heavy atom. The fourth-order valence-corrected chi connectivity index (χ4v) is 2.88. The number of pyridine rings is 1. The van der Waals surface area contributed by atoms with Gasteiger partial charge in [-0.25, -0.2) is 4.79 Å². The zero-order valence-corrected chi connectivity index (χ0v) is 13.4. The maximum absolute atomic E-state index is 12.0. The lowest BCUT2D eigenvalue weighted by molar-refractivity contribution is 0.172. The number of urea groups is 1. The van der Waals surface area contributed by atoms with E-state index in [0.29, 0.717) is 0 Å². The fourth-order valence-electron chi connectivity index (χ4n) is 2.88. The van der Waals surface area contributed by atoms with Gasteiger partial charge >= 0.3 is 6.03 Å². The first-order valence-corrected chi connectivity index (χ1v) is 8.15. The van der Waals surface area contributed by atoms with Crippen LogP contribution < -0.4 is 15.5 Å². The summed E-state index contributed by atoms with van der Waals surface area (Å²) < 4.78 is 0. The monoisotopic (exact) mass is 326 g/mol. The van der Waals surface area contributed by atoms with Crippen LogP contribution in [0.2, 0.25) is 0 Å². The van der Waals surface area contributed by atoms with E-state index in [-0.39, 0.29) is 18.6 Å². The second kappa shape index (κ2) is 7.79. The maximum Gasteiger partial charge on any atom is 0.315 e. The van der Waals surface area contributed by atoms with Gasteiger partial charge in [0, 0.05) is 43.8 Å². The van der Waals surface area contributed by atoms with Crippen molar-refractivity contribution in [3.05, 3.63) is 60.4 Å². The van der Waals surface area contributed by atoms with Gasteiger partial charge in [-0.1, -0.05) is 18.2 Å². The van der Waals surface area contributed by atoms with E-state index in [1.54, 1.807) is 24.5 Å². The van der Waals surface area contributed by atoms with E-state index in [2.05, 4.69) is 32.7 Å². The Bertz CT molecular complexity index is 651. The van der Waals surface area contributed by atoms with E-state index in [1.807, 2.05) is 18.2 Å². The van der Waals surface area contributed by atoms with Gasteiger partial charge in [0.1, 0.15) is 0 Å². The average molecular weight is 326 g/mol. The molecule has 0 aliphatic carbocycles. The highest BCUT2D eigenvalue weighted by atomic mass is 16.3. The first-order valence-electron chi connectivity index (χ1n) is 8.15. The van der Waals surface area contributed by atoms with Crippen molar-refractivity contribution in [1.29, 1.82) is 0 Å². The van der Waals surface area contributed by atoms with Crippen LogP contribution in [0.25, 0.3) is 0 Å². The molecule has 126 valence electrons. The molecule has 1 aromatic carbocycles. The molecule has 24 heavy (non-hydrogen) atoms. The minimum Gasteiger partial charge on any atom is -0.387 e. The highest BCUT2D eigenvalue weighted by Crippen LogP contribution is 2.19. The van der Waals surface area contributed by atoms with Crippen LogP contribution in [0.3, 0.4) is 0 Å². The Morgan fingerprint density at radius 2 is 2.00 bits per heavy atom. The van der Waals surface area contributed by atoms with Crippen molar-refractivity contribution < 1.29 is 9.90 Å². The van der Waals surface area contributed by atoms with Crippen molar-refractivity contribution in [3.63, 3.8) is 0 Å². The topological polar surface area (TPSA) is 77.5 Å². The highest BCUT2D eigenvalue weighted by Gasteiger charge is 2.24. The summed E-state index contributed by atoms with van der Waals surface area (Å²) in [5, 5.41) is 15.7. The summed E-state index contributed by atoms with van der Waals surface area (Å²) in [5.74, 6) is 0. The zero-order chi connectivity index (χ0) is 16.8. The molecule has 2 aromatic rings. The van der Waals surface area contributed by atoms with Gasteiger partial charge in [-0.3, -0.25) is 4.98 Å². The SMILES string of the molecule is O=C(NCC(O)c1ccncc1)NC1CCN(c2ccccc2)C1. The van der Waals surface area contributed by atoms with Gasteiger partial charge < -0.3 is 20.6 Å². The lowest BCUT2D eigenvalue weighted by Crippen LogP contribution is -2.44. The number of nitrogens with zero attached hydrogens (tertiary/aromatic N) is 2. The fraction of sp³-hybridized carbons (Fsp3) is 0.333. The Balaban J connectivity index is 1.43. The quantitative estimate of drug-likeness (QED) is 0.781. The summed E-state index contributed by atoms with van der Waals surface area (Å²) in [6, 6.07) is 13.5. The summed E-state index contributed by atoms with van der Waals surface area (Å²) in [6.07, 6.45) is 3.42. The van der Waals surface area contributed by atoms with Gasteiger partial charge in [0.2, 0.25) is 0 Å². The first kappa shape index (κ1) is 16.3. The van der Waals surface area contributed by atoms with E-state index in [0.717, 1.165) is 25.1 Å². The number of anilines is 1. The average Bonchev–Trinajstić information content (AvgIpc) is 3.09. The molecule has 6 nitrogen and oxygen atoms in total. The molecule has 1 fully saturated rings. The van der Waals surface area contributed by atoms with Crippen LogP contribution in [0.15, 0.2) is 54.9 Å². The van der Waals surface area contributed by atoms with Crippen LogP contribution in [-0.2, 0) is 0 Å². The molecule has 0 bridgehead atoms. The van der Waals surface area contributed by atoms with E-state index < -0.39 is 6.10 Å². The number of aliphatic hydroxyl groups excluding tert-OH is 1. The number of hydrogen-bond acceptors (Lipinski definition) is 4. The van der Waals surface area contributed by atoms with Gasteiger partial charge in [0.15, 0.2) is 0 Å². The van der Waals surface area contributed by atoms with Gasteiger partial charge in [-0.05, 0) is 36.2 Å². The molecule has 3 N–H and O–H groups in total. The van der Waals surface area contributed by atoms with E-state index in [4.69, 9.17) is 0 Å². The van der Waals surface area contributed by atoms with Crippen molar-refractivity contribution in [2.24, 2.45) is 0 Å². The summed E-state index contributed by atoms with van der Waals surface area (Å²) in [5.41, 5.74) is 1.91. The van der Waals surface area contributed by atoms with E-state index in [1.165, 1.54) is 5.69 Å². The third-order valence-electron chi connectivity index (χ3n) is 4.19. The molecule has 0 saturated carbocycles. The largest absolute Gasteiger partial charge is 0.387 e. The van der Waals surface area contributed by atoms with Crippen LogP contribution in [0.5, 0.6) is 0 Å². The molecule has 1 saturated heterocycles. The molecule has 2 unspecified atom stereocenters. The number of carbonyl (C=O) groups excluding carboxylic acids is 1. The molecular weight excluding hydrogens is 304 g/mol. The smallest absolute Gasteiger partial charge is 0.315 e. The molecule has 2 heterocycles. The molecule has 2 atom stereocenters. The summed E-state index contributed by atoms with van der Waals surface area (Å²) >= 11 is 0. The van der Waals surface area contributed by atoms with Crippen molar-refractivity contribution in [2.75, 3.05) is 24.5 Å². The number of hydrogen-bond donors (Lipinski definition) is 3. The normalized spacial score (nSPS) is 18.2. The van der Waals surface area contributed by atoms with E-state index in [9.17, 15) is 9.90 Å². The highest BCUT2D eigenvalue weighted by molar-refractivity contribution is 5.74. The maximum atomic E-state index is 12.0. The Kier molecular flexibility index (Phi) is 5.28. The number of aromatic nitrogens is 1. The predicted octanol–water partition coefficient (Wildman–Crippen LogP) is 1.69. The van der Waals surface area contributed by atoms with Crippen LogP contribution in [0.4, 0.5) is 10.5 Å². The number of carbonyl (C=O) groups is 1. The Labute approximate surface area is 141 Å². The molecule has 1 aromatic heterocycles. The number of benzene rings is 1. The standard InChI is InChI=1S/C18H22N4O2/c23-17(14-6-9-19-10-7-14)12-20-18(24)21-15-8-11-22(13-15)16-4-2-1-3-5-16/h1-7,9-10,15,17,23H,8,11-13H2,(H2,20,21,24). The molecule has 0 radical (unpaired) electrons. The van der Waals surface area contributed by atoms with Gasteiger partial charge in [0.05, 0.1) is 6.10 Å². The molecule has 2 amide bonds. The number of rotatable bonds is 5. The van der Waals surface area contributed by atoms with E-state index >= 15 is 0 Å². The molecular formula is C18H22N4O2. The number of nitrogens with one attached hydrogen (secondary N) is 2. The molecule has 0 spiro atoms. The van der Waals surface area contributed by atoms with Gasteiger partial charge in [-0.15, -0.1) is 0 Å². The summed E-state index contributed by atoms with van der Waals surface area (Å²) in [7, 11) is 0. The van der Waals surface area contributed by atoms with Gasteiger partial charge in [-0.2, -0.15) is 0 Å². The van der Waals surface area contributed by atoms with Crippen molar-refractivity contribution in [3.8, 4) is 0 Å².